The van der Waals surface area contributed by atoms with Crippen molar-refractivity contribution in [2.24, 2.45) is 0 Å². The number of benzene rings is 1. The van der Waals surface area contributed by atoms with E-state index >= 15 is 0 Å². The van der Waals surface area contributed by atoms with Gasteiger partial charge in [0.2, 0.25) is 0 Å². The van der Waals surface area contributed by atoms with E-state index in [1.165, 1.54) is 18.3 Å². The smallest absolute Gasteiger partial charge is 0.399 e. The first-order chi connectivity index (χ1) is 13.0. The lowest BCUT2D eigenvalue weighted by Crippen LogP contribution is -2.07. The number of pyridine rings is 2. The average Bonchev–Trinajstić information content (AvgIpc) is 2.61. The third-order valence-electron chi connectivity index (χ3n) is 3.29. The largest absolute Gasteiger partial charge is 0.433 e. The molecule has 2 aromatic heterocycles. The fourth-order valence-electron chi connectivity index (χ4n) is 1.99. The molecule has 2 N–H and O–H groups in total. The molecule has 0 saturated carbocycles. The third kappa shape index (κ3) is 7.54. The van der Waals surface area contributed by atoms with Crippen LogP contribution < -0.4 is 5.73 Å². The zero-order valence-corrected chi connectivity index (χ0v) is 16.7. The van der Waals surface area contributed by atoms with Crippen LogP contribution >= 0.6 is 28.3 Å². The molecule has 0 fully saturated rings. The van der Waals surface area contributed by atoms with Crippen LogP contribution in [0.15, 0.2) is 65.4 Å². The highest BCUT2D eigenvalue weighted by molar-refractivity contribution is 9.10. The van der Waals surface area contributed by atoms with Crippen molar-refractivity contribution < 1.29 is 26.3 Å². The molecule has 0 radical (unpaired) electrons. The quantitative estimate of drug-likeness (QED) is 0.301. The van der Waals surface area contributed by atoms with Crippen LogP contribution in [-0.2, 0) is 12.4 Å². The summed E-state index contributed by atoms with van der Waals surface area (Å²) in [4.78, 5) is 6.57. The average molecular weight is 501 g/mol. The van der Waals surface area contributed by atoms with Gasteiger partial charge in [0.15, 0.2) is 0 Å². The maximum atomic E-state index is 12.3. The Balaban J connectivity index is 0.000000306. The van der Waals surface area contributed by atoms with Crippen molar-refractivity contribution in [1.82, 2.24) is 9.97 Å². The Morgan fingerprint density at radius 1 is 0.724 bits per heavy atom. The molecule has 156 valence electrons. The maximum Gasteiger partial charge on any atom is 0.433 e. The molecular weight excluding hydrogens is 488 g/mol. The van der Waals surface area contributed by atoms with Crippen molar-refractivity contribution in [2.75, 3.05) is 5.73 Å². The Hall–Kier alpha value is -2.33. The van der Waals surface area contributed by atoms with E-state index in [1.807, 2.05) is 0 Å². The molecule has 0 aliphatic rings. The molecule has 0 amide bonds. The summed E-state index contributed by atoms with van der Waals surface area (Å²) < 4.78 is 73.0. The number of rotatable bonds is 1. The van der Waals surface area contributed by atoms with Gasteiger partial charge in [0.1, 0.15) is 11.4 Å². The molecule has 0 bridgehead atoms. The van der Waals surface area contributed by atoms with Crippen LogP contribution in [0.25, 0.3) is 11.1 Å². The third-order valence-corrected chi connectivity index (χ3v) is 3.76. The van der Waals surface area contributed by atoms with Crippen LogP contribution in [0.4, 0.5) is 32.0 Å². The monoisotopic (exact) mass is 499 g/mol. The SMILES string of the molecule is Cl.FC(F)(F)c1ccc(Br)cn1.Nc1cccc(-c2ccc(C(F)(F)F)nc2)c1. The van der Waals surface area contributed by atoms with Gasteiger partial charge in [-0.3, -0.25) is 9.97 Å². The Kier molecular flexibility index (Phi) is 8.46. The molecule has 0 aliphatic heterocycles. The summed E-state index contributed by atoms with van der Waals surface area (Å²) in [5.41, 5.74) is 5.72. The molecule has 2 heterocycles. The number of nitrogens with two attached hydrogens (primary N) is 1. The normalized spacial score (nSPS) is 11.1. The van der Waals surface area contributed by atoms with E-state index in [4.69, 9.17) is 5.73 Å². The number of nitrogens with zero attached hydrogens (tertiary/aromatic N) is 2. The van der Waals surface area contributed by atoms with E-state index in [0.717, 1.165) is 23.9 Å². The van der Waals surface area contributed by atoms with Gasteiger partial charge in [0.25, 0.3) is 0 Å². The lowest BCUT2D eigenvalue weighted by Gasteiger charge is -2.07. The first-order valence-corrected chi connectivity index (χ1v) is 8.34. The predicted molar refractivity (Wildman–Crippen MR) is 103 cm³/mol. The number of nitrogen functional groups attached to an aromatic ring is 1. The number of alkyl halides is 6. The molecule has 0 saturated heterocycles. The number of anilines is 1. The van der Waals surface area contributed by atoms with Crippen molar-refractivity contribution in [3.8, 4) is 11.1 Å². The minimum absolute atomic E-state index is 0. The van der Waals surface area contributed by atoms with E-state index in [2.05, 4.69) is 25.9 Å². The second-order valence-corrected chi connectivity index (χ2v) is 6.33. The summed E-state index contributed by atoms with van der Waals surface area (Å²) >= 11 is 2.98. The topological polar surface area (TPSA) is 51.8 Å². The van der Waals surface area contributed by atoms with Crippen molar-refractivity contribution in [2.45, 2.75) is 12.4 Å². The summed E-state index contributed by atoms with van der Waals surface area (Å²) in [5.74, 6) is 0. The molecular formula is C18H13BrClF6N3. The molecule has 0 spiro atoms. The lowest BCUT2D eigenvalue weighted by molar-refractivity contribution is -0.141. The molecule has 0 atom stereocenters. The minimum atomic E-state index is -4.41. The highest BCUT2D eigenvalue weighted by atomic mass is 79.9. The first-order valence-electron chi connectivity index (χ1n) is 7.55. The van der Waals surface area contributed by atoms with Gasteiger partial charge < -0.3 is 5.73 Å². The highest BCUT2D eigenvalue weighted by Crippen LogP contribution is 2.29. The van der Waals surface area contributed by atoms with Gasteiger partial charge >= 0.3 is 12.4 Å². The highest BCUT2D eigenvalue weighted by Gasteiger charge is 2.32. The van der Waals surface area contributed by atoms with Crippen molar-refractivity contribution in [1.29, 1.82) is 0 Å². The van der Waals surface area contributed by atoms with Crippen LogP contribution in [0.1, 0.15) is 11.4 Å². The van der Waals surface area contributed by atoms with Gasteiger partial charge in [-0.15, -0.1) is 12.4 Å². The number of hydrogen-bond acceptors (Lipinski definition) is 3. The fourth-order valence-corrected chi connectivity index (χ4v) is 2.23. The van der Waals surface area contributed by atoms with Gasteiger partial charge in [0.05, 0.1) is 0 Å². The summed E-state index contributed by atoms with van der Waals surface area (Å²) in [5, 5.41) is 0. The predicted octanol–water partition coefficient (Wildman–Crippen LogP) is 6.63. The van der Waals surface area contributed by atoms with Gasteiger partial charge in [0, 0.05) is 28.1 Å². The molecule has 3 rings (SSSR count). The zero-order chi connectivity index (χ0) is 20.9. The van der Waals surface area contributed by atoms with Gasteiger partial charge in [-0.05, 0) is 51.8 Å². The number of hydrogen-bond donors (Lipinski definition) is 1. The Morgan fingerprint density at radius 2 is 1.28 bits per heavy atom. The minimum Gasteiger partial charge on any atom is -0.399 e. The van der Waals surface area contributed by atoms with Crippen molar-refractivity contribution >= 4 is 34.0 Å². The second-order valence-electron chi connectivity index (χ2n) is 5.41. The molecule has 1 aromatic carbocycles. The molecule has 0 unspecified atom stereocenters. The van der Waals surface area contributed by atoms with E-state index in [-0.39, 0.29) is 12.4 Å². The van der Waals surface area contributed by atoms with Crippen molar-refractivity contribution in [3.63, 3.8) is 0 Å². The van der Waals surface area contributed by atoms with Gasteiger partial charge in [-0.2, -0.15) is 26.3 Å². The summed E-state index contributed by atoms with van der Waals surface area (Å²) in [6.07, 6.45) is -6.45. The van der Waals surface area contributed by atoms with Crippen LogP contribution in [0.3, 0.4) is 0 Å². The zero-order valence-electron chi connectivity index (χ0n) is 14.3. The van der Waals surface area contributed by atoms with E-state index < -0.39 is 23.7 Å². The molecule has 3 aromatic rings. The van der Waals surface area contributed by atoms with Crippen LogP contribution in [0, 0.1) is 0 Å². The molecule has 0 aliphatic carbocycles. The Labute approximate surface area is 176 Å². The van der Waals surface area contributed by atoms with Crippen LogP contribution in [-0.4, -0.2) is 9.97 Å². The maximum absolute atomic E-state index is 12.3. The lowest BCUT2D eigenvalue weighted by atomic mass is 10.1. The van der Waals surface area contributed by atoms with E-state index in [0.29, 0.717) is 15.7 Å². The number of halogens is 8. The number of aromatic nitrogens is 2. The summed E-state index contributed by atoms with van der Waals surface area (Å²) in [7, 11) is 0. The van der Waals surface area contributed by atoms with E-state index in [9.17, 15) is 26.3 Å². The summed E-state index contributed by atoms with van der Waals surface area (Å²) in [6.45, 7) is 0. The van der Waals surface area contributed by atoms with Gasteiger partial charge in [-0.25, -0.2) is 0 Å². The van der Waals surface area contributed by atoms with Crippen LogP contribution in [0.5, 0.6) is 0 Å². The fraction of sp³-hybridized carbons (Fsp3) is 0.111. The standard InChI is InChI=1S/C12H9F3N2.C6H3BrF3N.ClH/c13-12(14,15)11-5-4-9(7-17-11)8-2-1-3-10(16)6-8;7-4-1-2-5(11-3-4)6(8,9)10;/h1-7H,16H2;1-3H;1H. The van der Waals surface area contributed by atoms with E-state index in [1.54, 1.807) is 24.3 Å². The Bertz CT molecular complexity index is 913. The molecule has 3 nitrogen and oxygen atoms in total. The van der Waals surface area contributed by atoms with Crippen molar-refractivity contribution in [3.05, 3.63) is 76.8 Å². The summed E-state index contributed by atoms with van der Waals surface area (Å²) in [6, 6.07) is 11.5. The Morgan fingerprint density at radius 3 is 1.69 bits per heavy atom. The second kappa shape index (κ2) is 9.93. The van der Waals surface area contributed by atoms with Crippen LogP contribution in [0.2, 0.25) is 0 Å². The van der Waals surface area contributed by atoms with Gasteiger partial charge in [-0.1, -0.05) is 18.2 Å². The molecule has 29 heavy (non-hydrogen) atoms. The molecule has 11 heteroatoms. The first kappa shape index (κ1) is 24.7.